The van der Waals surface area contributed by atoms with Gasteiger partial charge >= 0.3 is 0 Å². The van der Waals surface area contributed by atoms with Crippen molar-refractivity contribution in [2.24, 2.45) is 0 Å². The summed E-state index contributed by atoms with van der Waals surface area (Å²) < 4.78 is 0. The number of nitrogens with zero attached hydrogens (tertiary/aromatic N) is 3. The van der Waals surface area contributed by atoms with Crippen LogP contribution in [0.2, 0.25) is 0 Å². The van der Waals surface area contributed by atoms with Gasteiger partial charge in [-0.25, -0.2) is 15.0 Å². The lowest BCUT2D eigenvalue weighted by Gasteiger charge is -2.28. The Kier molecular flexibility index (Phi) is 14.5. The number of phenolic OH excluding ortho intramolecular Hbond substituents is 3. The van der Waals surface area contributed by atoms with Crippen molar-refractivity contribution in [2.75, 3.05) is 0 Å². The number of hydrogen-bond acceptors (Lipinski definition) is 6. The van der Waals surface area contributed by atoms with Crippen molar-refractivity contribution >= 4 is 0 Å². The van der Waals surface area contributed by atoms with Crippen LogP contribution in [0.5, 0.6) is 17.2 Å². The van der Waals surface area contributed by atoms with E-state index < -0.39 is 0 Å². The van der Waals surface area contributed by atoms with Gasteiger partial charge in [-0.15, -0.1) is 0 Å². The van der Waals surface area contributed by atoms with Crippen LogP contribution >= 0.6 is 0 Å². The molecular weight excluding hydrogens is 739 g/mol. The summed E-state index contributed by atoms with van der Waals surface area (Å²) in [6.07, 6.45) is 7.47. The van der Waals surface area contributed by atoms with Crippen LogP contribution in [0.15, 0.2) is 36.4 Å². The SMILES string of the molecule is CC(C)(C)c1cc(CCCc2nc(CCCc3cc(C(C)(C)C)c(O)c(C(C)(C)C)c3)nc(CCCc3cc(C(C)(C)C)c(O)c(C(C)(C)C)c3)n2)cc(C(C)(C)C)c1O. The van der Waals surface area contributed by atoms with Gasteiger partial charge in [-0.1, -0.05) is 161 Å². The van der Waals surface area contributed by atoms with Gasteiger partial charge in [0.25, 0.3) is 0 Å². The quantitative estimate of drug-likeness (QED) is 0.132. The third-order valence-corrected chi connectivity index (χ3v) is 11.7. The molecule has 0 radical (unpaired) electrons. The summed E-state index contributed by atoms with van der Waals surface area (Å²) in [4.78, 5) is 15.2. The van der Waals surface area contributed by atoms with Gasteiger partial charge in [-0.3, -0.25) is 0 Å². The molecule has 0 atom stereocenters. The van der Waals surface area contributed by atoms with Crippen LogP contribution in [0.4, 0.5) is 0 Å². The minimum atomic E-state index is -0.177. The molecule has 1 aromatic heterocycles. The van der Waals surface area contributed by atoms with Crippen LogP contribution < -0.4 is 0 Å². The summed E-state index contributed by atoms with van der Waals surface area (Å²) in [6, 6.07) is 13.1. The monoisotopic (exact) mass is 820 g/mol. The van der Waals surface area contributed by atoms with Crippen molar-refractivity contribution in [1.82, 2.24) is 15.0 Å². The van der Waals surface area contributed by atoms with Gasteiger partial charge in [0.2, 0.25) is 0 Å². The zero-order valence-corrected chi connectivity index (χ0v) is 41.0. The van der Waals surface area contributed by atoms with Gasteiger partial charge in [0.1, 0.15) is 34.7 Å². The van der Waals surface area contributed by atoms with Crippen LogP contribution in [0.25, 0.3) is 0 Å². The molecule has 0 fully saturated rings. The summed E-state index contributed by atoms with van der Waals surface area (Å²) in [5.41, 5.74) is 8.58. The maximum Gasteiger partial charge on any atom is 0.132 e. The first-order chi connectivity index (χ1) is 27.3. The number of benzene rings is 3. The molecule has 0 unspecified atom stereocenters. The minimum absolute atomic E-state index is 0.177. The second-order valence-electron chi connectivity index (χ2n) is 23.8. The zero-order valence-electron chi connectivity index (χ0n) is 41.0. The molecule has 60 heavy (non-hydrogen) atoms. The smallest absolute Gasteiger partial charge is 0.132 e. The number of hydrogen-bond donors (Lipinski definition) is 3. The fourth-order valence-electron chi connectivity index (χ4n) is 8.16. The first-order valence-corrected chi connectivity index (χ1v) is 22.6. The first-order valence-electron chi connectivity index (χ1n) is 22.6. The summed E-state index contributed by atoms with van der Waals surface area (Å²) >= 11 is 0. The lowest BCUT2D eigenvalue weighted by Crippen LogP contribution is -2.18. The van der Waals surface area contributed by atoms with Crippen molar-refractivity contribution in [2.45, 2.75) is 215 Å². The zero-order chi connectivity index (χ0) is 45.4. The molecular formula is C54H81N3O3. The van der Waals surface area contributed by atoms with E-state index in [0.29, 0.717) is 17.2 Å². The number of aryl methyl sites for hydroxylation is 6. The summed E-state index contributed by atoms with van der Waals surface area (Å²) in [6.45, 7) is 38.9. The minimum Gasteiger partial charge on any atom is -0.507 e. The molecule has 6 heteroatoms. The highest BCUT2D eigenvalue weighted by Crippen LogP contribution is 2.43. The predicted molar refractivity (Wildman–Crippen MR) is 252 cm³/mol. The van der Waals surface area contributed by atoms with Crippen LogP contribution in [-0.4, -0.2) is 30.3 Å². The number of phenols is 3. The maximum absolute atomic E-state index is 11.3. The van der Waals surface area contributed by atoms with E-state index >= 15 is 0 Å². The summed E-state index contributed by atoms with van der Waals surface area (Å²) in [5.74, 6) is 3.76. The lowest BCUT2D eigenvalue weighted by atomic mass is 9.78. The summed E-state index contributed by atoms with van der Waals surface area (Å²) in [5, 5.41) is 33.9. The van der Waals surface area contributed by atoms with E-state index in [1.54, 1.807) is 0 Å². The van der Waals surface area contributed by atoms with E-state index in [0.717, 1.165) is 109 Å². The molecule has 0 saturated heterocycles. The molecule has 1 heterocycles. The standard InChI is InChI=1S/C54H81N3O3/c1-49(2,3)37-28-34(29-38(46(37)58)50(4,5)6)22-19-25-43-55-44(26-20-23-35-30-39(51(7,8)9)47(59)40(31-35)52(10,11)12)57-45(56-43)27-21-24-36-32-41(53(13,14)15)48(60)42(33-36)54(16,17)18/h28-33,58-60H,19-27H2,1-18H3. The average Bonchev–Trinajstić information content (AvgIpc) is 3.07. The van der Waals surface area contributed by atoms with Crippen LogP contribution in [0.1, 0.15) is 211 Å². The Labute approximate surface area is 365 Å². The van der Waals surface area contributed by atoms with Gasteiger partial charge in [-0.2, -0.15) is 0 Å². The number of rotatable bonds is 12. The molecule has 0 aliphatic heterocycles. The highest BCUT2D eigenvalue weighted by Gasteiger charge is 2.29. The molecule has 0 aliphatic carbocycles. The normalized spacial score (nSPS) is 13.3. The molecule has 4 aromatic rings. The molecule has 0 bridgehead atoms. The van der Waals surface area contributed by atoms with E-state index in [1.807, 2.05) is 0 Å². The molecule has 0 aliphatic rings. The number of aromatic hydroxyl groups is 3. The second-order valence-corrected chi connectivity index (χ2v) is 23.8. The molecule has 0 amide bonds. The Bertz CT molecular complexity index is 1760. The van der Waals surface area contributed by atoms with Gasteiger partial charge in [0.05, 0.1) is 0 Å². The Balaban J connectivity index is 1.63. The highest BCUT2D eigenvalue weighted by molar-refractivity contribution is 5.52. The van der Waals surface area contributed by atoms with Crippen LogP contribution in [-0.2, 0) is 71.0 Å². The Morgan fingerprint density at radius 1 is 0.300 bits per heavy atom. The second kappa shape index (κ2) is 17.8. The Hall–Kier alpha value is -3.93. The molecule has 0 saturated carbocycles. The van der Waals surface area contributed by atoms with E-state index in [1.165, 1.54) is 16.7 Å². The van der Waals surface area contributed by atoms with E-state index in [4.69, 9.17) is 15.0 Å². The predicted octanol–water partition coefficient (Wildman–Crippen LogP) is 13.3. The molecule has 3 aromatic carbocycles. The van der Waals surface area contributed by atoms with Gasteiger partial charge in [0.15, 0.2) is 0 Å². The van der Waals surface area contributed by atoms with E-state index in [-0.39, 0.29) is 32.5 Å². The van der Waals surface area contributed by atoms with Crippen molar-refractivity contribution in [1.29, 1.82) is 0 Å². The van der Waals surface area contributed by atoms with Crippen LogP contribution in [0, 0.1) is 0 Å². The highest BCUT2D eigenvalue weighted by atomic mass is 16.3. The van der Waals surface area contributed by atoms with Crippen LogP contribution in [0.3, 0.4) is 0 Å². The fourth-order valence-corrected chi connectivity index (χ4v) is 8.16. The molecule has 0 spiro atoms. The molecule has 6 nitrogen and oxygen atoms in total. The molecule has 330 valence electrons. The third-order valence-electron chi connectivity index (χ3n) is 11.7. The topological polar surface area (TPSA) is 99.4 Å². The van der Waals surface area contributed by atoms with Gasteiger partial charge < -0.3 is 15.3 Å². The fraction of sp³-hybridized carbons (Fsp3) is 0.611. The van der Waals surface area contributed by atoms with Crippen molar-refractivity contribution in [3.63, 3.8) is 0 Å². The maximum atomic E-state index is 11.3. The van der Waals surface area contributed by atoms with E-state index in [2.05, 4.69) is 161 Å². The van der Waals surface area contributed by atoms with Gasteiger partial charge in [0, 0.05) is 19.3 Å². The van der Waals surface area contributed by atoms with Crippen molar-refractivity contribution in [3.05, 3.63) is 104 Å². The first kappa shape index (κ1) is 48.7. The third kappa shape index (κ3) is 12.6. The van der Waals surface area contributed by atoms with Crippen molar-refractivity contribution in [3.8, 4) is 17.2 Å². The lowest BCUT2D eigenvalue weighted by molar-refractivity contribution is 0.421. The Morgan fingerprint density at radius 2 is 0.467 bits per heavy atom. The van der Waals surface area contributed by atoms with Gasteiger partial charge in [-0.05, 0) is 121 Å². The summed E-state index contributed by atoms with van der Waals surface area (Å²) in [7, 11) is 0. The largest absolute Gasteiger partial charge is 0.507 e. The van der Waals surface area contributed by atoms with Crippen molar-refractivity contribution < 1.29 is 15.3 Å². The molecule has 4 rings (SSSR count). The average molecular weight is 820 g/mol. The Morgan fingerprint density at radius 3 is 0.617 bits per heavy atom. The molecule has 3 N–H and O–H groups in total. The number of aromatic nitrogens is 3. The van der Waals surface area contributed by atoms with E-state index in [9.17, 15) is 15.3 Å².